The molecule has 19 heteroatoms. The highest BCUT2D eigenvalue weighted by Gasteiger charge is 2.48. The number of Topliss-reactive ketones (excluding diaryl/α,β-unsaturated/α-hetero) is 1. The first-order valence-corrected chi connectivity index (χ1v) is 19.3. The quantitative estimate of drug-likeness (QED) is 0.192. The summed E-state index contributed by atoms with van der Waals surface area (Å²) < 4.78 is 46.2. The van der Waals surface area contributed by atoms with Gasteiger partial charge in [0.25, 0.3) is 11.8 Å². The summed E-state index contributed by atoms with van der Waals surface area (Å²) in [6, 6.07) is -4.39. The van der Waals surface area contributed by atoms with Gasteiger partial charge in [0.15, 0.2) is 5.69 Å². The number of aromatic nitrogens is 4. The second-order valence-corrected chi connectivity index (χ2v) is 15.9. The molecular weight excluding hydrogens is 751 g/mol. The van der Waals surface area contributed by atoms with E-state index in [0.717, 1.165) is 37.0 Å². The van der Waals surface area contributed by atoms with Gasteiger partial charge in [0, 0.05) is 30.9 Å². The number of nitrogens with zero attached hydrogens (tertiary/aromatic N) is 5. The van der Waals surface area contributed by atoms with Gasteiger partial charge in [-0.2, -0.15) is 13.2 Å². The first kappa shape index (κ1) is 42.9. The number of ether oxygens (including phenoxy) is 1. The summed E-state index contributed by atoms with van der Waals surface area (Å²) in [5, 5.41) is 10.9. The summed E-state index contributed by atoms with van der Waals surface area (Å²) >= 11 is 0. The van der Waals surface area contributed by atoms with Crippen molar-refractivity contribution in [3.8, 4) is 5.88 Å². The number of halogens is 3. The summed E-state index contributed by atoms with van der Waals surface area (Å²) in [6.07, 6.45) is 4.59. The van der Waals surface area contributed by atoms with Crippen molar-refractivity contribution in [2.75, 3.05) is 6.54 Å². The lowest BCUT2D eigenvalue weighted by Crippen LogP contribution is -2.62. The van der Waals surface area contributed by atoms with Gasteiger partial charge < -0.3 is 30.9 Å². The van der Waals surface area contributed by atoms with Gasteiger partial charge in [0.1, 0.15) is 36.3 Å². The Morgan fingerprint density at radius 3 is 2.26 bits per heavy atom. The Labute approximate surface area is 328 Å². The van der Waals surface area contributed by atoms with E-state index < -0.39 is 88.8 Å². The van der Waals surface area contributed by atoms with Crippen LogP contribution in [-0.4, -0.2) is 103 Å². The van der Waals surface area contributed by atoms with Crippen LogP contribution in [0.4, 0.5) is 13.2 Å². The van der Waals surface area contributed by atoms with Crippen molar-refractivity contribution < 1.29 is 46.7 Å². The van der Waals surface area contributed by atoms with Crippen LogP contribution in [0.15, 0.2) is 31.0 Å². The molecule has 1 saturated heterocycles. The van der Waals surface area contributed by atoms with E-state index in [-0.39, 0.29) is 37.0 Å². The zero-order valence-corrected chi connectivity index (χ0v) is 32.4. The summed E-state index contributed by atoms with van der Waals surface area (Å²) in [5.41, 5.74) is -2.23. The van der Waals surface area contributed by atoms with Crippen LogP contribution in [0.1, 0.15) is 108 Å². The van der Waals surface area contributed by atoms with E-state index in [9.17, 15) is 41.9 Å². The number of nitrogens with one attached hydrogen (secondary N) is 4. The molecule has 0 spiro atoms. The number of likely N-dealkylation sites (tertiary alicyclic amines) is 1. The Bertz CT molecular complexity index is 1780. The highest BCUT2D eigenvalue weighted by Crippen LogP contribution is 2.32. The molecule has 2 aromatic heterocycles. The lowest BCUT2D eigenvalue weighted by Gasteiger charge is -2.37. The maximum absolute atomic E-state index is 14.7. The fourth-order valence-corrected chi connectivity index (χ4v) is 7.12. The number of carbonyl (C=O) groups is 6. The van der Waals surface area contributed by atoms with E-state index in [2.05, 4.69) is 41.2 Å². The molecule has 0 bridgehead atoms. The van der Waals surface area contributed by atoms with Crippen molar-refractivity contribution in [1.29, 1.82) is 0 Å². The molecule has 2 aromatic rings. The van der Waals surface area contributed by atoms with Crippen molar-refractivity contribution in [1.82, 2.24) is 46.1 Å². The molecule has 2 aliphatic carbocycles. The number of ketones is 1. The Morgan fingerprint density at radius 2 is 1.65 bits per heavy atom. The SMILES string of the molecule is CCCC(NC(=O)[C@@H]1C[C@@H](Oc2cc(C(F)(F)F)ncn2)CN1C(=O)C(NC(=O)C(NC(=O)c1cnccn1)C1CCCCC1)C(C)(C)C)C(=O)C(=O)NC1CC1. The highest BCUT2D eigenvalue weighted by molar-refractivity contribution is 6.38. The first-order valence-electron chi connectivity index (χ1n) is 19.3. The zero-order valence-electron chi connectivity index (χ0n) is 32.4. The summed E-state index contributed by atoms with van der Waals surface area (Å²) in [7, 11) is 0. The number of amides is 5. The van der Waals surface area contributed by atoms with Gasteiger partial charge in [-0.15, -0.1) is 0 Å². The average molecular weight is 802 g/mol. The van der Waals surface area contributed by atoms with Crippen LogP contribution in [0.25, 0.3) is 0 Å². The zero-order chi connectivity index (χ0) is 41.5. The molecule has 16 nitrogen and oxygen atoms in total. The minimum absolute atomic E-state index is 0.00226. The molecule has 5 amide bonds. The van der Waals surface area contributed by atoms with Gasteiger partial charge in [-0.05, 0) is 43.4 Å². The molecule has 1 aliphatic heterocycles. The topological polar surface area (TPSA) is 215 Å². The van der Waals surface area contributed by atoms with Gasteiger partial charge in [0.2, 0.25) is 29.4 Å². The molecule has 310 valence electrons. The third-order valence-electron chi connectivity index (χ3n) is 10.3. The fourth-order valence-electron chi connectivity index (χ4n) is 7.12. The minimum atomic E-state index is -4.80. The van der Waals surface area contributed by atoms with Crippen LogP contribution in [0.3, 0.4) is 0 Å². The average Bonchev–Trinajstić information content (AvgIpc) is 3.90. The largest absolute Gasteiger partial charge is 0.472 e. The summed E-state index contributed by atoms with van der Waals surface area (Å²) in [5.74, 6) is -5.14. The third-order valence-corrected chi connectivity index (χ3v) is 10.3. The maximum Gasteiger partial charge on any atom is 0.433 e. The van der Waals surface area contributed by atoms with Crippen LogP contribution < -0.4 is 26.0 Å². The van der Waals surface area contributed by atoms with Gasteiger partial charge in [-0.3, -0.25) is 33.8 Å². The van der Waals surface area contributed by atoms with E-state index in [1.807, 2.05) is 0 Å². The molecule has 3 heterocycles. The minimum Gasteiger partial charge on any atom is -0.472 e. The van der Waals surface area contributed by atoms with E-state index in [4.69, 9.17) is 4.74 Å². The number of alkyl halides is 3. The third kappa shape index (κ3) is 11.4. The standard InChI is InChI=1S/C38H50F3N9O7/c1-5-9-24(30(51)35(55)46-22-12-13-22)47-33(53)26-16-23(57-28-17-27(38(39,40)41)44-20-45-28)19-50(26)36(56)31(37(2,3)4)49-34(54)29(21-10-7-6-8-11-21)48-32(52)25-18-42-14-15-43-25/h14-15,17-18,20-24,26,29,31H,5-13,16,19H2,1-4H3,(H,46,55)(H,47,53)(H,48,52)(H,49,54)/t23-,24?,26+,29?,31?/m1/s1. The molecule has 5 atom stereocenters. The van der Waals surface area contributed by atoms with Crippen molar-refractivity contribution in [2.24, 2.45) is 11.3 Å². The Hall–Kier alpha value is -5.23. The van der Waals surface area contributed by atoms with Crippen LogP contribution in [0, 0.1) is 11.3 Å². The summed E-state index contributed by atoms with van der Waals surface area (Å²) in [4.78, 5) is 98.3. The van der Waals surface area contributed by atoms with Crippen LogP contribution >= 0.6 is 0 Å². The first-order chi connectivity index (χ1) is 27.0. The molecule has 3 unspecified atom stereocenters. The summed E-state index contributed by atoms with van der Waals surface area (Å²) in [6.45, 7) is 6.57. The Morgan fingerprint density at radius 1 is 0.930 bits per heavy atom. The van der Waals surface area contributed by atoms with Gasteiger partial charge >= 0.3 is 6.18 Å². The van der Waals surface area contributed by atoms with Crippen LogP contribution in [0.5, 0.6) is 5.88 Å². The number of rotatable bonds is 15. The molecule has 3 aliphatic rings. The predicted octanol–water partition coefficient (Wildman–Crippen LogP) is 2.68. The van der Waals surface area contributed by atoms with E-state index in [0.29, 0.717) is 31.7 Å². The second kappa shape index (κ2) is 18.4. The number of hydrogen-bond donors (Lipinski definition) is 4. The van der Waals surface area contributed by atoms with Gasteiger partial charge in [0.05, 0.1) is 18.8 Å². The Kier molecular flexibility index (Phi) is 13.8. The second-order valence-electron chi connectivity index (χ2n) is 15.9. The van der Waals surface area contributed by atoms with Crippen molar-refractivity contribution in [3.05, 3.63) is 42.4 Å². The van der Waals surface area contributed by atoms with E-state index >= 15 is 0 Å². The maximum atomic E-state index is 14.7. The number of hydrogen-bond acceptors (Lipinski definition) is 11. The smallest absolute Gasteiger partial charge is 0.433 e. The van der Waals surface area contributed by atoms with Crippen molar-refractivity contribution in [3.63, 3.8) is 0 Å². The molecule has 0 aromatic carbocycles. The van der Waals surface area contributed by atoms with Crippen molar-refractivity contribution >= 4 is 35.3 Å². The van der Waals surface area contributed by atoms with Gasteiger partial charge in [-0.25, -0.2) is 15.0 Å². The molecule has 57 heavy (non-hydrogen) atoms. The van der Waals surface area contributed by atoms with E-state index in [1.54, 1.807) is 27.7 Å². The monoisotopic (exact) mass is 801 g/mol. The molecule has 2 saturated carbocycles. The lowest BCUT2D eigenvalue weighted by atomic mass is 9.82. The molecule has 5 rings (SSSR count). The fraction of sp³-hybridized carbons (Fsp3) is 0.632. The molecular formula is C38H50F3N9O7. The normalized spacial score (nSPS) is 20.4. The highest BCUT2D eigenvalue weighted by atomic mass is 19.4. The van der Waals surface area contributed by atoms with Crippen molar-refractivity contribution in [2.45, 2.75) is 134 Å². The molecule has 3 fully saturated rings. The molecule has 4 N–H and O–H groups in total. The molecule has 0 radical (unpaired) electrons. The van der Waals surface area contributed by atoms with Crippen LogP contribution in [-0.2, 0) is 30.1 Å². The lowest BCUT2D eigenvalue weighted by molar-refractivity contribution is -0.145. The Balaban J connectivity index is 1.42. The van der Waals surface area contributed by atoms with Crippen LogP contribution in [0.2, 0.25) is 0 Å². The predicted molar refractivity (Wildman–Crippen MR) is 196 cm³/mol. The van der Waals surface area contributed by atoms with E-state index in [1.165, 1.54) is 18.6 Å². The number of carbonyl (C=O) groups excluding carboxylic acids is 6. The van der Waals surface area contributed by atoms with Gasteiger partial charge in [-0.1, -0.05) is 53.4 Å².